The predicted octanol–water partition coefficient (Wildman–Crippen LogP) is 2.78. The van der Waals surface area contributed by atoms with E-state index in [9.17, 15) is 9.50 Å². The molecule has 1 aromatic carbocycles. The zero-order valence-corrected chi connectivity index (χ0v) is 8.70. The normalized spacial score (nSPS) is 15.1. The van der Waals surface area contributed by atoms with E-state index in [0.717, 1.165) is 6.42 Å². The molecule has 1 N–H and O–H groups in total. The molecule has 0 aromatic heterocycles. The molecular formula is C12H17FO. The Kier molecular flexibility index (Phi) is 4.08. The average Bonchev–Trinajstić information content (AvgIpc) is 2.20. The van der Waals surface area contributed by atoms with Crippen LogP contribution in [0.3, 0.4) is 0 Å². The Hall–Kier alpha value is -0.890. The molecule has 0 aliphatic carbocycles. The number of halogens is 1. The Balaban J connectivity index is 2.64. The van der Waals surface area contributed by atoms with Crippen LogP contribution in [0.15, 0.2) is 24.3 Å². The van der Waals surface area contributed by atoms with Crippen molar-refractivity contribution in [3.8, 4) is 0 Å². The Morgan fingerprint density at radius 1 is 1.36 bits per heavy atom. The average molecular weight is 196 g/mol. The lowest BCUT2D eigenvalue weighted by Gasteiger charge is -2.17. The maximum Gasteiger partial charge on any atom is 0.126 e. The van der Waals surface area contributed by atoms with E-state index < -0.39 is 6.10 Å². The van der Waals surface area contributed by atoms with Crippen molar-refractivity contribution < 1.29 is 9.50 Å². The van der Waals surface area contributed by atoms with Crippen molar-refractivity contribution >= 4 is 0 Å². The van der Waals surface area contributed by atoms with Crippen LogP contribution in [0.2, 0.25) is 0 Å². The van der Waals surface area contributed by atoms with E-state index in [0.29, 0.717) is 12.0 Å². The van der Waals surface area contributed by atoms with Crippen LogP contribution < -0.4 is 0 Å². The summed E-state index contributed by atoms with van der Waals surface area (Å²) in [5.41, 5.74) is 0.598. The van der Waals surface area contributed by atoms with Gasteiger partial charge in [0.1, 0.15) is 5.82 Å². The second kappa shape index (κ2) is 5.11. The number of aliphatic hydroxyl groups is 1. The molecule has 0 heterocycles. The van der Waals surface area contributed by atoms with E-state index in [1.54, 1.807) is 18.2 Å². The Morgan fingerprint density at radius 3 is 2.57 bits per heavy atom. The molecule has 0 amide bonds. The van der Waals surface area contributed by atoms with Crippen molar-refractivity contribution in [2.75, 3.05) is 0 Å². The minimum atomic E-state index is -0.447. The fourth-order valence-corrected chi connectivity index (χ4v) is 1.36. The standard InChI is InChI=1S/C12H17FO/c1-3-9(2)12(14)8-10-6-4-5-7-11(10)13/h4-7,9,12,14H,3,8H2,1-2H3. The molecule has 0 bridgehead atoms. The molecule has 0 saturated heterocycles. The number of hydrogen-bond donors (Lipinski definition) is 1. The highest BCUT2D eigenvalue weighted by molar-refractivity contribution is 5.18. The maximum absolute atomic E-state index is 13.2. The van der Waals surface area contributed by atoms with E-state index >= 15 is 0 Å². The highest BCUT2D eigenvalue weighted by Gasteiger charge is 2.14. The summed E-state index contributed by atoms with van der Waals surface area (Å²) in [6, 6.07) is 6.61. The van der Waals surface area contributed by atoms with E-state index in [1.165, 1.54) is 6.07 Å². The fraction of sp³-hybridized carbons (Fsp3) is 0.500. The van der Waals surface area contributed by atoms with Gasteiger partial charge in [-0.1, -0.05) is 38.5 Å². The van der Waals surface area contributed by atoms with Crippen LogP contribution >= 0.6 is 0 Å². The predicted molar refractivity (Wildman–Crippen MR) is 55.6 cm³/mol. The molecule has 78 valence electrons. The summed E-state index contributed by atoms with van der Waals surface area (Å²) in [5, 5.41) is 9.73. The van der Waals surface area contributed by atoms with Crippen LogP contribution in [-0.4, -0.2) is 11.2 Å². The summed E-state index contributed by atoms with van der Waals surface area (Å²) in [5.74, 6) is -0.00976. The highest BCUT2D eigenvalue weighted by atomic mass is 19.1. The van der Waals surface area contributed by atoms with Crippen LogP contribution in [0.25, 0.3) is 0 Å². The molecule has 0 saturated carbocycles. The quantitative estimate of drug-likeness (QED) is 0.785. The van der Waals surface area contributed by atoms with Gasteiger partial charge in [-0.15, -0.1) is 0 Å². The van der Waals surface area contributed by atoms with E-state index in [-0.39, 0.29) is 11.7 Å². The first-order valence-corrected chi connectivity index (χ1v) is 5.06. The lowest BCUT2D eigenvalue weighted by molar-refractivity contribution is 0.114. The van der Waals surface area contributed by atoms with Crippen LogP contribution in [0, 0.1) is 11.7 Å². The molecule has 1 aromatic rings. The second-order valence-corrected chi connectivity index (χ2v) is 3.75. The topological polar surface area (TPSA) is 20.2 Å². The summed E-state index contributed by atoms with van der Waals surface area (Å²) < 4.78 is 13.2. The molecule has 2 heteroatoms. The third kappa shape index (κ3) is 2.81. The maximum atomic E-state index is 13.2. The van der Waals surface area contributed by atoms with E-state index in [2.05, 4.69) is 0 Å². The number of benzene rings is 1. The zero-order valence-electron chi connectivity index (χ0n) is 8.70. The van der Waals surface area contributed by atoms with Crippen LogP contribution in [0.5, 0.6) is 0 Å². The smallest absolute Gasteiger partial charge is 0.126 e. The van der Waals surface area contributed by atoms with Gasteiger partial charge in [0.15, 0.2) is 0 Å². The molecule has 0 aliphatic heterocycles. The Morgan fingerprint density at radius 2 is 2.00 bits per heavy atom. The zero-order chi connectivity index (χ0) is 10.6. The third-order valence-electron chi connectivity index (χ3n) is 2.69. The first-order chi connectivity index (χ1) is 6.65. The minimum Gasteiger partial charge on any atom is -0.393 e. The SMILES string of the molecule is CCC(C)C(O)Cc1ccccc1F. The molecule has 0 radical (unpaired) electrons. The van der Waals surface area contributed by atoms with Crippen molar-refractivity contribution in [2.45, 2.75) is 32.8 Å². The molecule has 1 rings (SSSR count). The van der Waals surface area contributed by atoms with E-state index in [1.807, 2.05) is 13.8 Å². The van der Waals surface area contributed by atoms with Gasteiger partial charge in [-0.25, -0.2) is 4.39 Å². The second-order valence-electron chi connectivity index (χ2n) is 3.75. The molecule has 2 atom stereocenters. The number of rotatable bonds is 4. The minimum absolute atomic E-state index is 0.217. The van der Waals surface area contributed by atoms with Crippen molar-refractivity contribution in [1.29, 1.82) is 0 Å². The van der Waals surface area contributed by atoms with Gasteiger partial charge in [0, 0.05) is 6.42 Å². The third-order valence-corrected chi connectivity index (χ3v) is 2.69. The molecule has 0 aliphatic rings. The Labute approximate surface area is 84.6 Å². The lowest BCUT2D eigenvalue weighted by Crippen LogP contribution is -2.20. The molecular weight excluding hydrogens is 179 g/mol. The Bertz CT molecular complexity index is 285. The van der Waals surface area contributed by atoms with Gasteiger partial charge >= 0.3 is 0 Å². The van der Waals surface area contributed by atoms with Gasteiger partial charge < -0.3 is 5.11 Å². The summed E-state index contributed by atoms with van der Waals surface area (Å²) in [6.45, 7) is 4.00. The van der Waals surface area contributed by atoms with Crippen molar-refractivity contribution in [1.82, 2.24) is 0 Å². The monoisotopic (exact) mass is 196 g/mol. The number of aliphatic hydroxyl groups excluding tert-OH is 1. The number of hydrogen-bond acceptors (Lipinski definition) is 1. The summed E-state index contributed by atoms with van der Waals surface area (Å²) in [7, 11) is 0. The van der Waals surface area contributed by atoms with Crippen LogP contribution in [0.1, 0.15) is 25.8 Å². The van der Waals surface area contributed by atoms with Gasteiger partial charge in [0.05, 0.1) is 6.10 Å². The van der Waals surface area contributed by atoms with Crippen molar-refractivity contribution in [3.63, 3.8) is 0 Å². The van der Waals surface area contributed by atoms with Crippen molar-refractivity contribution in [3.05, 3.63) is 35.6 Å². The molecule has 2 unspecified atom stereocenters. The first-order valence-electron chi connectivity index (χ1n) is 5.06. The lowest BCUT2D eigenvalue weighted by atomic mass is 9.95. The van der Waals surface area contributed by atoms with Crippen molar-refractivity contribution in [2.24, 2.45) is 5.92 Å². The molecule has 1 nitrogen and oxygen atoms in total. The molecule has 0 spiro atoms. The van der Waals surface area contributed by atoms with Gasteiger partial charge in [-0.2, -0.15) is 0 Å². The molecule has 14 heavy (non-hydrogen) atoms. The van der Waals surface area contributed by atoms with Gasteiger partial charge in [-0.05, 0) is 17.5 Å². The first kappa shape index (κ1) is 11.2. The molecule has 0 fully saturated rings. The summed E-state index contributed by atoms with van der Waals surface area (Å²) in [4.78, 5) is 0. The van der Waals surface area contributed by atoms with Gasteiger partial charge in [0.2, 0.25) is 0 Å². The summed E-state index contributed by atoms with van der Waals surface area (Å²) in [6.07, 6.45) is 0.869. The van der Waals surface area contributed by atoms with Crippen LogP contribution in [-0.2, 0) is 6.42 Å². The van der Waals surface area contributed by atoms with Gasteiger partial charge in [0.25, 0.3) is 0 Å². The highest BCUT2D eigenvalue weighted by Crippen LogP contribution is 2.15. The van der Waals surface area contributed by atoms with Gasteiger partial charge in [-0.3, -0.25) is 0 Å². The summed E-state index contributed by atoms with van der Waals surface area (Å²) >= 11 is 0. The fourth-order valence-electron chi connectivity index (χ4n) is 1.36. The largest absolute Gasteiger partial charge is 0.393 e. The van der Waals surface area contributed by atoms with E-state index in [4.69, 9.17) is 0 Å². The van der Waals surface area contributed by atoms with Crippen LogP contribution in [0.4, 0.5) is 4.39 Å².